The molecule has 0 aromatic rings. The van der Waals surface area contributed by atoms with E-state index in [4.69, 9.17) is 9.84 Å². The van der Waals surface area contributed by atoms with Gasteiger partial charge < -0.3 is 25.2 Å². The number of aliphatic carboxylic acids is 1. The maximum Gasteiger partial charge on any atom is 0.326 e. The average molecular weight is 288 g/mol. The highest BCUT2D eigenvalue weighted by molar-refractivity contribution is 5.83. The van der Waals surface area contributed by atoms with Crippen LogP contribution in [-0.4, -0.2) is 65.1 Å². The quantitative estimate of drug-likeness (QED) is 0.652. The Hall–Kier alpha value is -1.34. The minimum absolute atomic E-state index is 0.0439. The van der Waals surface area contributed by atoms with Crippen LogP contribution in [0.15, 0.2) is 0 Å². The number of likely N-dealkylation sites (tertiary alicyclic amines) is 1. The zero-order chi connectivity index (χ0) is 15.3. The Morgan fingerprint density at radius 1 is 1.45 bits per heavy atom. The predicted octanol–water partition coefficient (Wildman–Crippen LogP) is 0.277. The summed E-state index contributed by atoms with van der Waals surface area (Å²) in [4.78, 5) is 24.4. The van der Waals surface area contributed by atoms with Crippen LogP contribution in [0.25, 0.3) is 0 Å². The summed E-state index contributed by atoms with van der Waals surface area (Å²) in [5.74, 6) is -0.927. The number of rotatable bonds is 6. The van der Waals surface area contributed by atoms with E-state index in [1.165, 1.54) is 4.90 Å². The van der Waals surface area contributed by atoms with Gasteiger partial charge in [-0.3, -0.25) is 0 Å². The molecule has 7 nitrogen and oxygen atoms in total. The van der Waals surface area contributed by atoms with Crippen molar-refractivity contribution in [3.8, 4) is 0 Å². The van der Waals surface area contributed by atoms with E-state index in [1.54, 1.807) is 0 Å². The Bertz CT molecular complexity index is 348. The van der Waals surface area contributed by atoms with Crippen molar-refractivity contribution >= 4 is 12.0 Å². The highest BCUT2D eigenvalue weighted by Gasteiger charge is 2.39. The zero-order valence-corrected chi connectivity index (χ0v) is 12.2. The Morgan fingerprint density at radius 3 is 2.60 bits per heavy atom. The molecule has 0 bridgehead atoms. The normalized spacial score (nSPS) is 23.9. The molecule has 1 fully saturated rings. The Balaban J connectivity index is 2.65. The average Bonchev–Trinajstić information content (AvgIpc) is 2.76. The molecule has 1 heterocycles. The van der Waals surface area contributed by atoms with Gasteiger partial charge in [-0.1, -0.05) is 13.8 Å². The van der Waals surface area contributed by atoms with Crippen molar-refractivity contribution in [2.75, 3.05) is 19.8 Å². The van der Waals surface area contributed by atoms with E-state index < -0.39 is 24.1 Å². The molecular formula is C13H24N2O5. The van der Waals surface area contributed by atoms with E-state index in [0.717, 1.165) is 0 Å². The van der Waals surface area contributed by atoms with Crippen LogP contribution in [0.3, 0.4) is 0 Å². The van der Waals surface area contributed by atoms with Gasteiger partial charge >= 0.3 is 12.0 Å². The number of aliphatic hydroxyl groups is 1. The number of aliphatic hydroxyl groups excluding tert-OH is 1. The second-order valence-corrected chi connectivity index (χ2v) is 5.36. The number of carboxylic acids is 1. The molecule has 0 aromatic heterocycles. The summed E-state index contributed by atoms with van der Waals surface area (Å²) in [6.45, 7) is 6.76. The van der Waals surface area contributed by atoms with E-state index >= 15 is 0 Å². The van der Waals surface area contributed by atoms with Crippen LogP contribution in [0, 0.1) is 5.92 Å². The van der Waals surface area contributed by atoms with Crippen molar-refractivity contribution in [3.63, 3.8) is 0 Å². The highest BCUT2D eigenvalue weighted by atomic mass is 16.5. The van der Waals surface area contributed by atoms with Crippen LogP contribution in [0.2, 0.25) is 0 Å². The number of ether oxygens (including phenoxy) is 1. The zero-order valence-electron chi connectivity index (χ0n) is 12.2. The summed E-state index contributed by atoms with van der Waals surface area (Å²) in [5, 5.41) is 21.4. The number of carboxylic acid groups (broad SMARTS) is 1. The fourth-order valence-electron chi connectivity index (χ4n) is 2.16. The van der Waals surface area contributed by atoms with Crippen molar-refractivity contribution in [3.05, 3.63) is 0 Å². The van der Waals surface area contributed by atoms with Gasteiger partial charge in [0.25, 0.3) is 0 Å². The number of hydrogen-bond donors (Lipinski definition) is 3. The van der Waals surface area contributed by atoms with Crippen molar-refractivity contribution < 1.29 is 24.5 Å². The summed E-state index contributed by atoms with van der Waals surface area (Å²) in [7, 11) is 0. The van der Waals surface area contributed by atoms with Gasteiger partial charge in [0.15, 0.2) is 0 Å². The Labute approximate surface area is 118 Å². The molecule has 20 heavy (non-hydrogen) atoms. The van der Waals surface area contributed by atoms with Gasteiger partial charge in [0.2, 0.25) is 0 Å². The predicted molar refractivity (Wildman–Crippen MR) is 72.4 cm³/mol. The van der Waals surface area contributed by atoms with Gasteiger partial charge in [-0.15, -0.1) is 0 Å². The number of carbonyl (C=O) groups excluding carboxylic acids is 1. The van der Waals surface area contributed by atoms with E-state index in [9.17, 15) is 14.7 Å². The van der Waals surface area contributed by atoms with Gasteiger partial charge in [0, 0.05) is 19.6 Å². The molecule has 1 rings (SSSR count). The lowest BCUT2D eigenvalue weighted by atomic mass is 10.1. The molecule has 116 valence electrons. The van der Waals surface area contributed by atoms with Crippen LogP contribution >= 0.6 is 0 Å². The molecule has 3 atom stereocenters. The van der Waals surface area contributed by atoms with Gasteiger partial charge in [0.05, 0.1) is 18.8 Å². The van der Waals surface area contributed by atoms with Crippen LogP contribution in [-0.2, 0) is 9.53 Å². The van der Waals surface area contributed by atoms with E-state index in [-0.39, 0.29) is 24.9 Å². The van der Waals surface area contributed by atoms with Crippen molar-refractivity contribution in [2.45, 2.75) is 45.4 Å². The van der Waals surface area contributed by atoms with E-state index in [2.05, 4.69) is 5.32 Å². The summed E-state index contributed by atoms with van der Waals surface area (Å²) >= 11 is 0. The van der Waals surface area contributed by atoms with Crippen LogP contribution < -0.4 is 5.32 Å². The number of hydrogen-bond acceptors (Lipinski definition) is 4. The fraction of sp³-hybridized carbons (Fsp3) is 0.846. The molecule has 0 aromatic carbocycles. The molecule has 0 radical (unpaired) electrons. The molecule has 2 amide bonds. The monoisotopic (exact) mass is 288 g/mol. The van der Waals surface area contributed by atoms with Crippen molar-refractivity contribution in [2.24, 2.45) is 5.92 Å². The first kappa shape index (κ1) is 16.7. The van der Waals surface area contributed by atoms with Crippen molar-refractivity contribution in [1.82, 2.24) is 10.2 Å². The number of carbonyl (C=O) groups is 2. The summed E-state index contributed by atoms with van der Waals surface area (Å²) in [6, 6.07) is -1.62. The Kier molecular flexibility index (Phi) is 6.22. The number of β-amino-alcohol motifs (C(OH)–C–C–N with tert-alkyl or cyclic N) is 1. The molecule has 1 saturated heterocycles. The molecule has 1 unspecified atom stereocenters. The number of nitrogens with one attached hydrogen (secondary N) is 1. The molecule has 0 saturated carbocycles. The van der Waals surface area contributed by atoms with Crippen LogP contribution in [0.5, 0.6) is 0 Å². The summed E-state index contributed by atoms with van der Waals surface area (Å²) in [6.07, 6.45) is -0.716. The van der Waals surface area contributed by atoms with E-state index in [0.29, 0.717) is 13.2 Å². The second kappa shape index (κ2) is 7.44. The molecule has 0 spiro atoms. The lowest BCUT2D eigenvalue weighted by Crippen LogP contribution is -2.51. The third kappa shape index (κ3) is 4.35. The third-order valence-electron chi connectivity index (χ3n) is 3.44. The van der Waals surface area contributed by atoms with E-state index in [1.807, 2.05) is 20.8 Å². The highest BCUT2D eigenvalue weighted by Crippen LogP contribution is 2.18. The summed E-state index contributed by atoms with van der Waals surface area (Å²) < 4.78 is 5.32. The topological polar surface area (TPSA) is 99.1 Å². The Morgan fingerprint density at radius 2 is 2.10 bits per heavy atom. The largest absolute Gasteiger partial charge is 0.480 e. The molecule has 1 aliphatic rings. The molecule has 1 aliphatic heterocycles. The minimum Gasteiger partial charge on any atom is -0.480 e. The second-order valence-electron chi connectivity index (χ2n) is 5.36. The minimum atomic E-state index is -1.09. The smallest absolute Gasteiger partial charge is 0.326 e. The lowest BCUT2D eigenvalue weighted by Gasteiger charge is -2.27. The molecule has 0 aliphatic carbocycles. The number of nitrogens with zero attached hydrogens (tertiary/aromatic N) is 1. The molecule has 3 N–H and O–H groups in total. The maximum absolute atomic E-state index is 12.2. The molecular weight excluding hydrogens is 264 g/mol. The number of amides is 2. The van der Waals surface area contributed by atoms with Gasteiger partial charge in [-0.05, 0) is 12.8 Å². The first-order chi connectivity index (χ1) is 9.36. The van der Waals surface area contributed by atoms with Gasteiger partial charge in [0.1, 0.15) is 6.04 Å². The standard InChI is InChI=1S/C13H24N2O5/c1-4-20-7-10(8(2)3)14-13(19)15-6-9(16)5-11(15)12(17)18/h8-11,16H,4-7H2,1-3H3,(H,14,19)(H,17,18)/t9-,10?,11+/m1/s1. The van der Waals surface area contributed by atoms with Gasteiger partial charge in [-0.2, -0.15) is 0 Å². The number of urea groups is 1. The van der Waals surface area contributed by atoms with Gasteiger partial charge in [-0.25, -0.2) is 9.59 Å². The first-order valence-corrected chi connectivity index (χ1v) is 6.92. The van der Waals surface area contributed by atoms with Crippen LogP contribution in [0.1, 0.15) is 27.2 Å². The van der Waals surface area contributed by atoms with Crippen LogP contribution in [0.4, 0.5) is 4.79 Å². The lowest BCUT2D eigenvalue weighted by molar-refractivity contribution is -0.141. The van der Waals surface area contributed by atoms with Crippen molar-refractivity contribution in [1.29, 1.82) is 0 Å². The third-order valence-corrected chi connectivity index (χ3v) is 3.44. The summed E-state index contributed by atoms with van der Waals surface area (Å²) in [5.41, 5.74) is 0. The first-order valence-electron chi connectivity index (χ1n) is 6.92. The fourth-order valence-corrected chi connectivity index (χ4v) is 2.16. The molecule has 7 heteroatoms. The SMILES string of the molecule is CCOCC(NC(=O)N1C[C@H](O)C[C@H]1C(=O)O)C(C)C. The maximum atomic E-state index is 12.2.